The van der Waals surface area contributed by atoms with Gasteiger partial charge in [0.15, 0.2) is 0 Å². The highest BCUT2D eigenvalue weighted by molar-refractivity contribution is 5.99. The fourth-order valence-electron chi connectivity index (χ4n) is 1.40. The van der Waals surface area contributed by atoms with Crippen molar-refractivity contribution in [3.05, 3.63) is 23.0 Å². The Morgan fingerprint density at radius 2 is 2.29 bits per heavy atom. The van der Waals surface area contributed by atoms with Gasteiger partial charge >= 0.3 is 0 Å². The predicted octanol–water partition coefficient (Wildman–Crippen LogP) is 1.13. The van der Waals surface area contributed by atoms with E-state index >= 15 is 0 Å². The maximum absolute atomic E-state index is 11.5. The molecule has 0 aliphatic carbocycles. The summed E-state index contributed by atoms with van der Waals surface area (Å²) in [6, 6.07) is 1.62. The Balaban J connectivity index is 3.28. The lowest BCUT2D eigenvalue weighted by atomic mass is 9.98. The number of amides is 1. The second kappa shape index (κ2) is 3.54. The first-order valence-electron chi connectivity index (χ1n) is 4.27. The van der Waals surface area contributed by atoms with Crippen LogP contribution in [0.3, 0.4) is 0 Å². The van der Waals surface area contributed by atoms with Crippen LogP contribution < -0.4 is 0 Å². The maximum Gasteiger partial charge on any atom is 0.264 e. The monoisotopic (exact) mass is 192 g/mol. The molecule has 1 rings (SSSR count). The van der Waals surface area contributed by atoms with Crippen LogP contribution in [-0.2, 0) is 4.79 Å². The molecule has 1 unspecified atom stereocenters. The molecule has 0 aromatic carbocycles. The van der Waals surface area contributed by atoms with Crippen LogP contribution in [0.15, 0.2) is 23.0 Å². The Kier molecular flexibility index (Phi) is 2.61. The average molecular weight is 192 g/mol. The molecule has 0 spiro atoms. The quantitative estimate of drug-likeness (QED) is 0.585. The second-order valence-corrected chi connectivity index (χ2v) is 3.30. The van der Waals surface area contributed by atoms with Crippen molar-refractivity contribution in [3.63, 3.8) is 0 Å². The van der Waals surface area contributed by atoms with E-state index in [1.54, 1.807) is 20.9 Å². The van der Waals surface area contributed by atoms with Gasteiger partial charge in [0, 0.05) is 12.6 Å². The molecule has 0 fully saturated rings. The van der Waals surface area contributed by atoms with Crippen LogP contribution in [0.2, 0.25) is 0 Å². The van der Waals surface area contributed by atoms with Crippen molar-refractivity contribution in [2.24, 2.45) is 0 Å². The summed E-state index contributed by atoms with van der Waals surface area (Å²) < 4.78 is 0. The van der Waals surface area contributed by atoms with Crippen molar-refractivity contribution in [1.82, 2.24) is 4.90 Å². The highest BCUT2D eigenvalue weighted by Gasteiger charge is 2.28. The van der Waals surface area contributed by atoms with Gasteiger partial charge in [0.05, 0.1) is 11.8 Å². The summed E-state index contributed by atoms with van der Waals surface area (Å²) in [6.07, 6.45) is 1.45. The molecule has 1 amide bonds. The number of hydrogen-bond acceptors (Lipinski definition) is 3. The van der Waals surface area contributed by atoms with Crippen molar-refractivity contribution >= 4 is 5.91 Å². The van der Waals surface area contributed by atoms with E-state index in [0.717, 1.165) is 0 Å². The molecule has 0 bridgehead atoms. The highest BCUT2D eigenvalue weighted by Crippen LogP contribution is 2.22. The number of aliphatic hydroxyl groups is 1. The van der Waals surface area contributed by atoms with Crippen molar-refractivity contribution < 1.29 is 9.90 Å². The number of carbonyl (C=O) groups excluding carboxylic acids is 1. The molecule has 1 atom stereocenters. The van der Waals surface area contributed by atoms with Crippen LogP contribution in [0.4, 0.5) is 0 Å². The van der Waals surface area contributed by atoms with E-state index in [0.29, 0.717) is 5.57 Å². The lowest BCUT2D eigenvalue weighted by molar-refractivity contribution is -0.127. The number of aliphatic hydroxyl groups excluding tert-OH is 1. The van der Waals surface area contributed by atoms with Crippen LogP contribution in [0.5, 0.6) is 0 Å². The third kappa shape index (κ3) is 1.49. The van der Waals surface area contributed by atoms with Crippen molar-refractivity contribution in [3.8, 4) is 6.07 Å². The summed E-state index contributed by atoms with van der Waals surface area (Å²) in [4.78, 5) is 12.9. The molecule has 0 saturated heterocycles. The Morgan fingerprint density at radius 3 is 2.71 bits per heavy atom. The summed E-state index contributed by atoms with van der Waals surface area (Å²) >= 11 is 0. The Hall–Kier alpha value is -1.76. The summed E-state index contributed by atoms with van der Waals surface area (Å²) in [5.41, 5.74) is 0.678. The van der Waals surface area contributed by atoms with Gasteiger partial charge in [0.1, 0.15) is 11.6 Å². The van der Waals surface area contributed by atoms with Gasteiger partial charge in [0.2, 0.25) is 0 Å². The minimum Gasteiger partial charge on any atom is -0.512 e. The van der Waals surface area contributed by atoms with Crippen LogP contribution in [0.1, 0.15) is 13.8 Å². The third-order valence-corrected chi connectivity index (χ3v) is 2.42. The molecule has 1 aliphatic rings. The van der Waals surface area contributed by atoms with Crippen molar-refractivity contribution in [1.29, 1.82) is 5.26 Å². The van der Waals surface area contributed by atoms with Gasteiger partial charge in [-0.25, -0.2) is 0 Å². The topological polar surface area (TPSA) is 64.3 Å². The van der Waals surface area contributed by atoms with Crippen molar-refractivity contribution in [2.45, 2.75) is 19.9 Å². The summed E-state index contributed by atoms with van der Waals surface area (Å²) in [7, 11) is 1.61. The van der Waals surface area contributed by atoms with Gasteiger partial charge in [-0.15, -0.1) is 0 Å². The van der Waals surface area contributed by atoms with E-state index in [4.69, 9.17) is 5.26 Å². The fourth-order valence-corrected chi connectivity index (χ4v) is 1.40. The first-order chi connectivity index (χ1) is 6.49. The minimum atomic E-state index is -0.301. The van der Waals surface area contributed by atoms with Gasteiger partial charge in [-0.2, -0.15) is 5.26 Å². The predicted molar refractivity (Wildman–Crippen MR) is 51.3 cm³/mol. The van der Waals surface area contributed by atoms with E-state index in [1.807, 2.05) is 6.07 Å². The summed E-state index contributed by atoms with van der Waals surface area (Å²) in [5.74, 6) is -0.158. The van der Waals surface area contributed by atoms with Crippen LogP contribution in [0, 0.1) is 11.3 Å². The maximum atomic E-state index is 11.5. The fraction of sp³-hybridized carbons (Fsp3) is 0.400. The van der Waals surface area contributed by atoms with Crippen LogP contribution in [-0.4, -0.2) is 29.0 Å². The van der Waals surface area contributed by atoms with E-state index in [1.165, 1.54) is 11.0 Å². The molecule has 1 heterocycles. The van der Waals surface area contributed by atoms with Crippen molar-refractivity contribution in [2.75, 3.05) is 7.05 Å². The molecule has 0 aromatic heterocycles. The molecule has 1 N–H and O–H groups in total. The highest BCUT2D eigenvalue weighted by atomic mass is 16.3. The molecule has 0 radical (unpaired) electrons. The molecule has 0 saturated carbocycles. The van der Waals surface area contributed by atoms with Gasteiger partial charge in [0.25, 0.3) is 5.91 Å². The average Bonchev–Trinajstić information content (AvgIpc) is 2.14. The zero-order valence-electron chi connectivity index (χ0n) is 8.40. The number of hydrogen-bond donors (Lipinski definition) is 1. The molecular formula is C10H12N2O2. The van der Waals surface area contributed by atoms with Gasteiger partial charge in [-0.3, -0.25) is 4.79 Å². The first kappa shape index (κ1) is 10.3. The van der Waals surface area contributed by atoms with Gasteiger partial charge < -0.3 is 10.0 Å². The molecule has 74 valence electrons. The molecule has 14 heavy (non-hydrogen) atoms. The Labute approximate surface area is 82.7 Å². The Bertz CT molecular complexity index is 370. The van der Waals surface area contributed by atoms with Crippen LogP contribution in [0.25, 0.3) is 0 Å². The van der Waals surface area contributed by atoms with Gasteiger partial charge in [-0.1, -0.05) is 0 Å². The second-order valence-electron chi connectivity index (χ2n) is 3.30. The smallest absolute Gasteiger partial charge is 0.264 e. The molecule has 4 nitrogen and oxygen atoms in total. The summed E-state index contributed by atoms with van der Waals surface area (Å²) in [5, 5.41) is 18.0. The minimum absolute atomic E-state index is 0.0639. The number of allylic oxidation sites excluding steroid dienone is 1. The molecule has 0 aromatic rings. The number of carbonyl (C=O) groups is 1. The number of rotatable bonds is 0. The largest absolute Gasteiger partial charge is 0.512 e. The number of nitriles is 1. The lowest BCUT2D eigenvalue weighted by Crippen LogP contribution is -2.40. The first-order valence-corrected chi connectivity index (χ1v) is 4.27. The van der Waals surface area contributed by atoms with E-state index < -0.39 is 0 Å². The standard InChI is InChI=1S/C10H12N2O2/c1-6-9(7(2)13)4-8(5-11)10(14)12(6)3/h4,6,13H,1-3H3/b9-7-. The van der Waals surface area contributed by atoms with E-state index in [-0.39, 0.29) is 23.3 Å². The van der Waals surface area contributed by atoms with E-state index in [2.05, 4.69) is 0 Å². The van der Waals surface area contributed by atoms with E-state index in [9.17, 15) is 9.90 Å². The van der Waals surface area contributed by atoms with Gasteiger partial charge in [-0.05, 0) is 19.9 Å². The zero-order chi connectivity index (χ0) is 10.9. The molecule has 1 aliphatic heterocycles. The molecular weight excluding hydrogens is 180 g/mol. The SMILES string of the molecule is C/C(O)=C1\C=C(C#N)C(=O)N(C)C1C. The third-order valence-electron chi connectivity index (χ3n) is 2.42. The zero-order valence-corrected chi connectivity index (χ0v) is 8.40. The summed E-state index contributed by atoms with van der Waals surface area (Å²) in [6.45, 7) is 3.35. The normalized spacial score (nSPS) is 25.6. The molecule has 4 heteroatoms. The Morgan fingerprint density at radius 1 is 1.71 bits per heavy atom. The van der Waals surface area contributed by atoms with Crippen LogP contribution >= 0.6 is 0 Å². The number of nitrogens with zero attached hydrogens (tertiary/aromatic N) is 2. The lowest BCUT2D eigenvalue weighted by Gasteiger charge is -2.29. The number of likely N-dealkylation sites (N-methyl/N-ethyl adjacent to an activating group) is 1.